The average Bonchev–Trinajstić information content (AvgIpc) is 2.70. The predicted molar refractivity (Wildman–Crippen MR) is 76.5 cm³/mol. The number of nitrogens with zero attached hydrogens (tertiary/aromatic N) is 2. The van der Waals surface area contributed by atoms with Crippen LogP contribution in [0.1, 0.15) is 46.5 Å². The molecular weight excluding hydrogens is 230 g/mol. The van der Waals surface area contributed by atoms with Crippen molar-refractivity contribution in [2.75, 3.05) is 12.3 Å². The molecule has 1 atom stereocenters. The van der Waals surface area contributed by atoms with Gasteiger partial charge in [-0.15, -0.1) is 0 Å². The summed E-state index contributed by atoms with van der Waals surface area (Å²) in [5.74, 6) is 2.22. The number of nitrogens with one attached hydrogen (secondary N) is 1. The molecule has 0 aliphatic heterocycles. The van der Waals surface area contributed by atoms with E-state index in [-0.39, 0.29) is 0 Å². The van der Waals surface area contributed by atoms with Crippen molar-refractivity contribution >= 4 is 11.8 Å². The van der Waals surface area contributed by atoms with E-state index in [2.05, 4.69) is 55.7 Å². The minimum atomic E-state index is 0.303. The molecule has 0 saturated heterocycles. The van der Waals surface area contributed by atoms with Gasteiger partial charge in [0.25, 0.3) is 0 Å². The third-order valence-corrected chi connectivity index (χ3v) is 3.90. The summed E-state index contributed by atoms with van der Waals surface area (Å²) >= 11 is 1.98. The normalized spacial score (nSPS) is 13.9. The van der Waals surface area contributed by atoms with Crippen molar-refractivity contribution in [3.8, 4) is 0 Å². The second kappa shape index (κ2) is 6.45. The summed E-state index contributed by atoms with van der Waals surface area (Å²) < 4.78 is 2.52. The number of hydrogen-bond acceptors (Lipinski definition) is 3. The molecule has 1 unspecified atom stereocenters. The van der Waals surface area contributed by atoms with E-state index in [1.54, 1.807) is 0 Å². The first kappa shape index (κ1) is 14.6. The zero-order valence-electron chi connectivity index (χ0n) is 11.7. The number of hydrogen-bond donors (Lipinski definition) is 1. The zero-order chi connectivity index (χ0) is 12.9. The Bertz CT molecular complexity index is 328. The molecule has 0 radical (unpaired) electrons. The molecule has 0 aliphatic carbocycles. The molecular formula is C13H25N3S. The molecule has 1 N–H and O–H groups in total. The smallest absolute Gasteiger partial charge is 0.126 e. The third-order valence-electron chi connectivity index (χ3n) is 2.53. The van der Waals surface area contributed by atoms with Crippen LogP contribution in [0.3, 0.4) is 0 Å². The molecule has 98 valence electrons. The summed E-state index contributed by atoms with van der Waals surface area (Å²) in [7, 11) is 0. The fourth-order valence-electron chi connectivity index (χ4n) is 1.70. The Morgan fingerprint density at radius 3 is 2.65 bits per heavy atom. The van der Waals surface area contributed by atoms with Crippen molar-refractivity contribution in [1.82, 2.24) is 14.9 Å². The molecule has 1 heterocycles. The highest BCUT2D eigenvalue weighted by atomic mass is 32.2. The molecule has 3 nitrogen and oxygen atoms in total. The maximum absolute atomic E-state index is 4.49. The highest BCUT2D eigenvalue weighted by Crippen LogP contribution is 2.27. The van der Waals surface area contributed by atoms with Gasteiger partial charge >= 0.3 is 0 Å². The lowest BCUT2D eigenvalue weighted by Gasteiger charge is -2.23. The number of aryl methyl sites for hydroxylation is 1. The third kappa shape index (κ3) is 4.72. The van der Waals surface area contributed by atoms with E-state index in [0.717, 1.165) is 24.7 Å². The number of aromatic nitrogens is 2. The van der Waals surface area contributed by atoms with Crippen LogP contribution in [0, 0.1) is 0 Å². The Morgan fingerprint density at radius 2 is 2.12 bits per heavy atom. The maximum atomic E-state index is 4.49. The van der Waals surface area contributed by atoms with Gasteiger partial charge in [-0.25, -0.2) is 4.98 Å². The second-order valence-electron chi connectivity index (χ2n) is 5.11. The standard InChI is InChI=1S/C13H25N3S/c1-6-14-11(10-17-13(3,4)5)12-15-8-9-16(12)7-2/h8-9,11,14H,6-7,10H2,1-5H3. The summed E-state index contributed by atoms with van der Waals surface area (Å²) in [6.07, 6.45) is 3.95. The quantitative estimate of drug-likeness (QED) is 0.847. The van der Waals surface area contributed by atoms with Crippen LogP contribution >= 0.6 is 11.8 Å². The number of imidazole rings is 1. The highest BCUT2D eigenvalue weighted by molar-refractivity contribution is 8.00. The minimum absolute atomic E-state index is 0.303. The molecule has 0 aromatic carbocycles. The van der Waals surface area contributed by atoms with E-state index < -0.39 is 0 Å². The number of rotatable bonds is 6. The van der Waals surface area contributed by atoms with Crippen LogP contribution in [-0.4, -0.2) is 26.6 Å². The lowest BCUT2D eigenvalue weighted by Crippen LogP contribution is -2.27. The molecule has 0 fully saturated rings. The van der Waals surface area contributed by atoms with Gasteiger partial charge in [0.05, 0.1) is 6.04 Å². The van der Waals surface area contributed by atoms with Gasteiger partial charge in [0.2, 0.25) is 0 Å². The molecule has 0 amide bonds. The lowest BCUT2D eigenvalue weighted by molar-refractivity contribution is 0.537. The first-order valence-electron chi connectivity index (χ1n) is 6.36. The Morgan fingerprint density at radius 1 is 1.41 bits per heavy atom. The topological polar surface area (TPSA) is 29.9 Å². The SMILES string of the molecule is CCNC(CSC(C)(C)C)c1nccn1CC. The van der Waals surface area contributed by atoms with Crippen molar-refractivity contribution in [1.29, 1.82) is 0 Å². The van der Waals surface area contributed by atoms with Crippen LogP contribution in [0.25, 0.3) is 0 Å². The van der Waals surface area contributed by atoms with Crippen LogP contribution in [-0.2, 0) is 6.54 Å². The van der Waals surface area contributed by atoms with E-state index >= 15 is 0 Å². The van der Waals surface area contributed by atoms with Crippen molar-refractivity contribution in [2.45, 2.75) is 52.0 Å². The van der Waals surface area contributed by atoms with Gasteiger partial charge in [0.1, 0.15) is 5.82 Å². The van der Waals surface area contributed by atoms with Crippen LogP contribution in [0.4, 0.5) is 0 Å². The van der Waals surface area contributed by atoms with Gasteiger partial charge in [-0.05, 0) is 13.5 Å². The molecule has 0 saturated carbocycles. The second-order valence-corrected chi connectivity index (χ2v) is 6.95. The van der Waals surface area contributed by atoms with Crippen molar-refractivity contribution in [3.63, 3.8) is 0 Å². The summed E-state index contributed by atoms with van der Waals surface area (Å²) in [6.45, 7) is 13.0. The van der Waals surface area contributed by atoms with Gasteiger partial charge in [-0.1, -0.05) is 27.7 Å². The monoisotopic (exact) mass is 255 g/mol. The van der Waals surface area contributed by atoms with Crippen molar-refractivity contribution < 1.29 is 0 Å². The van der Waals surface area contributed by atoms with Gasteiger partial charge in [0, 0.05) is 29.4 Å². The van der Waals surface area contributed by atoms with E-state index in [4.69, 9.17) is 0 Å². The predicted octanol–water partition coefficient (Wildman–Crippen LogP) is 3.09. The molecule has 1 aromatic heterocycles. The lowest BCUT2D eigenvalue weighted by atomic mass is 10.3. The van der Waals surface area contributed by atoms with E-state index in [1.165, 1.54) is 0 Å². The molecule has 1 aromatic rings. The summed E-state index contributed by atoms with van der Waals surface area (Å²) in [4.78, 5) is 4.49. The van der Waals surface area contributed by atoms with Crippen LogP contribution in [0.5, 0.6) is 0 Å². The minimum Gasteiger partial charge on any atom is -0.334 e. The fraction of sp³-hybridized carbons (Fsp3) is 0.769. The average molecular weight is 255 g/mol. The Labute approximate surface area is 109 Å². The van der Waals surface area contributed by atoms with Gasteiger partial charge in [-0.3, -0.25) is 0 Å². The molecule has 1 rings (SSSR count). The first-order chi connectivity index (χ1) is 7.98. The van der Waals surface area contributed by atoms with Crippen molar-refractivity contribution in [2.24, 2.45) is 0 Å². The van der Waals surface area contributed by atoms with Gasteiger partial charge in [0.15, 0.2) is 0 Å². The fourth-order valence-corrected chi connectivity index (χ4v) is 2.64. The van der Waals surface area contributed by atoms with Gasteiger partial charge in [-0.2, -0.15) is 11.8 Å². The molecule has 0 bridgehead atoms. The molecule has 0 spiro atoms. The largest absolute Gasteiger partial charge is 0.334 e. The first-order valence-corrected chi connectivity index (χ1v) is 7.34. The zero-order valence-corrected chi connectivity index (χ0v) is 12.5. The van der Waals surface area contributed by atoms with E-state index in [1.807, 2.05) is 18.0 Å². The maximum Gasteiger partial charge on any atom is 0.126 e. The summed E-state index contributed by atoms with van der Waals surface area (Å²) in [5, 5.41) is 3.53. The van der Waals surface area contributed by atoms with E-state index in [0.29, 0.717) is 10.8 Å². The van der Waals surface area contributed by atoms with Crippen molar-refractivity contribution in [3.05, 3.63) is 18.2 Å². The highest BCUT2D eigenvalue weighted by Gasteiger charge is 2.19. The summed E-state index contributed by atoms with van der Waals surface area (Å²) in [5.41, 5.74) is 0. The van der Waals surface area contributed by atoms with Crippen LogP contribution in [0.15, 0.2) is 12.4 Å². The Hall–Kier alpha value is -0.480. The van der Waals surface area contributed by atoms with Crippen LogP contribution < -0.4 is 5.32 Å². The number of thioether (sulfide) groups is 1. The summed E-state index contributed by atoms with van der Waals surface area (Å²) in [6, 6.07) is 0.346. The Kier molecular flexibility index (Phi) is 5.53. The Balaban J connectivity index is 2.71. The van der Waals surface area contributed by atoms with Crippen LogP contribution in [0.2, 0.25) is 0 Å². The van der Waals surface area contributed by atoms with E-state index in [9.17, 15) is 0 Å². The molecule has 4 heteroatoms. The molecule has 0 aliphatic rings. The van der Waals surface area contributed by atoms with Gasteiger partial charge < -0.3 is 9.88 Å². The molecule has 17 heavy (non-hydrogen) atoms.